The second-order valence-electron chi connectivity index (χ2n) is 7.86. The number of nitrogens with one attached hydrogen (secondary N) is 2. The third kappa shape index (κ3) is 15.5. The average molecular weight is 385 g/mol. The van der Waals surface area contributed by atoms with Crippen molar-refractivity contribution in [2.24, 2.45) is 4.99 Å². The fraction of sp³-hybridized carbons (Fsp3) is 0.905. The van der Waals surface area contributed by atoms with E-state index in [9.17, 15) is 0 Å². The Kier molecular flexibility index (Phi) is 15.0. The number of aliphatic imine (C=N–C) groups is 1. The molecule has 0 aliphatic carbocycles. The Labute approximate surface area is 167 Å². The summed E-state index contributed by atoms with van der Waals surface area (Å²) in [6, 6.07) is 0. The van der Waals surface area contributed by atoms with Gasteiger partial charge in [-0.05, 0) is 26.7 Å². The van der Waals surface area contributed by atoms with Crippen LogP contribution in [0, 0.1) is 0 Å². The zero-order valence-electron chi connectivity index (χ0n) is 18.4. The van der Waals surface area contributed by atoms with Gasteiger partial charge in [0.05, 0.1) is 6.67 Å². The van der Waals surface area contributed by atoms with Crippen LogP contribution >= 0.6 is 0 Å². The molecule has 6 nitrogen and oxygen atoms in total. The van der Waals surface area contributed by atoms with Crippen molar-refractivity contribution in [1.82, 2.24) is 15.5 Å². The van der Waals surface area contributed by atoms with Crippen molar-refractivity contribution in [2.45, 2.75) is 104 Å². The van der Waals surface area contributed by atoms with Crippen LogP contribution in [0.2, 0.25) is 0 Å². The van der Waals surface area contributed by atoms with Crippen LogP contribution in [0.15, 0.2) is 4.99 Å². The minimum absolute atomic E-state index is 0.150. The Balaban J connectivity index is 0.00000153. The van der Waals surface area contributed by atoms with Gasteiger partial charge < -0.3 is 15.3 Å². The lowest BCUT2D eigenvalue weighted by atomic mass is 10.1. The van der Waals surface area contributed by atoms with E-state index in [1.807, 2.05) is 0 Å². The van der Waals surface area contributed by atoms with Gasteiger partial charge in [-0.1, -0.05) is 65.2 Å². The molecule has 0 saturated carbocycles. The lowest BCUT2D eigenvalue weighted by Crippen LogP contribution is -2.56. The third-order valence-electron chi connectivity index (χ3n) is 4.52. The molecule has 0 radical (unpaired) electrons. The van der Waals surface area contributed by atoms with Gasteiger partial charge in [-0.3, -0.25) is 10.1 Å². The number of hydrogen-bond donors (Lipinski definition) is 3. The highest BCUT2D eigenvalue weighted by Gasteiger charge is 2.23. The number of aliphatic carboxylic acids is 1. The van der Waals surface area contributed by atoms with Crippen molar-refractivity contribution < 1.29 is 9.90 Å². The van der Waals surface area contributed by atoms with Crippen molar-refractivity contribution in [1.29, 1.82) is 0 Å². The van der Waals surface area contributed by atoms with Crippen LogP contribution in [-0.2, 0) is 4.79 Å². The van der Waals surface area contributed by atoms with Crippen LogP contribution in [0.4, 0.5) is 0 Å². The minimum Gasteiger partial charge on any atom is -0.481 e. The van der Waals surface area contributed by atoms with Crippen LogP contribution in [0.1, 0.15) is 98.8 Å². The number of rotatable bonds is 12. The molecule has 0 aromatic heterocycles. The van der Waals surface area contributed by atoms with E-state index in [2.05, 4.69) is 43.2 Å². The Morgan fingerprint density at radius 2 is 1.44 bits per heavy atom. The molecule has 27 heavy (non-hydrogen) atoms. The summed E-state index contributed by atoms with van der Waals surface area (Å²) in [5.41, 5.74) is -0.150. The quantitative estimate of drug-likeness (QED) is 0.430. The molecule has 0 saturated heterocycles. The van der Waals surface area contributed by atoms with Crippen LogP contribution in [-0.4, -0.2) is 47.4 Å². The molecule has 1 aliphatic heterocycles. The van der Waals surface area contributed by atoms with Crippen molar-refractivity contribution in [2.75, 3.05) is 19.8 Å². The number of unbranched alkanes of at least 4 members (excludes halogenated alkanes) is 8. The molecular formula is C21H44N4O2. The van der Waals surface area contributed by atoms with E-state index in [-0.39, 0.29) is 5.66 Å². The zero-order valence-corrected chi connectivity index (χ0v) is 18.4. The van der Waals surface area contributed by atoms with Gasteiger partial charge in [0.1, 0.15) is 5.66 Å². The summed E-state index contributed by atoms with van der Waals surface area (Å²) >= 11 is 0. The van der Waals surface area contributed by atoms with Gasteiger partial charge in [0, 0.05) is 20.0 Å². The normalized spacial score (nSPS) is 15.2. The first-order valence-corrected chi connectivity index (χ1v) is 10.9. The maximum atomic E-state index is 9.00. The summed E-state index contributed by atoms with van der Waals surface area (Å²) in [6.45, 7) is 13.0. The smallest absolute Gasteiger partial charge is 0.300 e. The van der Waals surface area contributed by atoms with Crippen molar-refractivity contribution in [3.8, 4) is 0 Å². The van der Waals surface area contributed by atoms with E-state index in [0.717, 1.165) is 32.6 Å². The summed E-state index contributed by atoms with van der Waals surface area (Å²) in [4.78, 5) is 16.4. The molecule has 0 aromatic carbocycles. The summed E-state index contributed by atoms with van der Waals surface area (Å²) < 4.78 is 0. The van der Waals surface area contributed by atoms with Crippen LogP contribution < -0.4 is 10.6 Å². The second-order valence-corrected chi connectivity index (χ2v) is 7.86. The average Bonchev–Trinajstić information content (AvgIpc) is 2.58. The molecule has 0 bridgehead atoms. The van der Waals surface area contributed by atoms with Crippen LogP contribution in [0.25, 0.3) is 0 Å². The largest absolute Gasteiger partial charge is 0.481 e. The summed E-state index contributed by atoms with van der Waals surface area (Å²) in [6.07, 6.45) is 13.4. The highest BCUT2D eigenvalue weighted by molar-refractivity contribution is 5.80. The summed E-state index contributed by atoms with van der Waals surface area (Å²) in [5, 5.41) is 14.2. The Bertz CT molecular complexity index is 393. The van der Waals surface area contributed by atoms with Crippen LogP contribution in [0.5, 0.6) is 0 Å². The molecule has 1 heterocycles. The van der Waals surface area contributed by atoms with Gasteiger partial charge >= 0.3 is 0 Å². The topological polar surface area (TPSA) is 77.0 Å². The maximum Gasteiger partial charge on any atom is 0.300 e. The van der Waals surface area contributed by atoms with E-state index >= 15 is 0 Å². The molecule has 3 N–H and O–H groups in total. The first kappa shape index (κ1) is 25.7. The third-order valence-corrected chi connectivity index (χ3v) is 4.52. The van der Waals surface area contributed by atoms with Gasteiger partial charge in [0.15, 0.2) is 5.96 Å². The SMILES string of the molecule is CC(=O)O.CCCCCCCN(CCCCCCC)C1=NC(C)(C)NCN1. The molecule has 1 rings (SSSR count). The highest BCUT2D eigenvalue weighted by Crippen LogP contribution is 2.12. The standard InChI is InChI=1S/C19H40N4.C2H4O2/c1-5-7-9-11-13-15-23(16-14-12-10-8-6-2)18-20-17-21-19(3,4)22-18;1-2(3)4/h21H,5-17H2,1-4H3,(H,20,22);1H3,(H,3,4). The maximum absolute atomic E-state index is 9.00. The zero-order chi connectivity index (χ0) is 20.5. The molecule has 1 aliphatic rings. The molecule has 0 aromatic rings. The first-order valence-electron chi connectivity index (χ1n) is 10.9. The van der Waals surface area contributed by atoms with E-state index in [1.54, 1.807) is 0 Å². The number of guanidine groups is 1. The molecule has 0 unspecified atom stereocenters. The minimum atomic E-state index is -0.833. The Morgan fingerprint density at radius 1 is 1.00 bits per heavy atom. The fourth-order valence-electron chi connectivity index (χ4n) is 3.00. The van der Waals surface area contributed by atoms with Gasteiger partial charge in [0.2, 0.25) is 0 Å². The Morgan fingerprint density at radius 3 is 1.85 bits per heavy atom. The number of carboxylic acid groups (broad SMARTS) is 1. The van der Waals surface area contributed by atoms with Crippen molar-refractivity contribution in [3.63, 3.8) is 0 Å². The van der Waals surface area contributed by atoms with Gasteiger partial charge in [-0.25, -0.2) is 4.99 Å². The van der Waals surface area contributed by atoms with Crippen LogP contribution in [0.3, 0.4) is 0 Å². The van der Waals surface area contributed by atoms with Crippen molar-refractivity contribution >= 4 is 11.9 Å². The lowest BCUT2D eigenvalue weighted by Gasteiger charge is -2.35. The van der Waals surface area contributed by atoms with E-state index in [4.69, 9.17) is 14.9 Å². The molecule has 6 heteroatoms. The van der Waals surface area contributed by atoms with E-state index in [0.29, 0.717) is 0 Å². The molecule has 0 fully saturated rings. The predicted molar refractivity (Wildman–Crippen MR) is 115 cm³/mol. The summed E-state index contributed by atoms with van der Waals surface area (Å²) in [7, 11) is 0. The molecule has 0 amide bonds. The lowest BCUT2D eigenvalue weighted by molar-refractivity contribution is -0.134. The fourth-order valence-corrected chi connectivity index (χ4v) is 3.00. The molecule has 160 valence electrons. The first-order chi connectivity index (χ1) is 12.8. The number of nitrogens with zero attached hydrogens (tertiary/aromatic N) is 2. The van der Waals surface area contributed by atoms with Gasteiger partial charge in [0.25, 0.3) is 5.97 Å². The number of carbonyl (C=O) groups is 1. The van der Waals surface area contributed by atoms with Gasteiger partial charge in [-0.2, -0.15) is 0 Å². The summed E-state index contributed by atoms with van der Waals surface area (Å²) in [5.74, 6) is 0.264. The van der Waals surface area contributed by atoms with Crippen molar-refractivity contribution in [3.05, 3.63) is 0 Å². The molecule has 0 spiro atoms. The number of carboxylic acids is 1. The monoisotopic (exact) mass is 384 g/mol. The molecule has 0 atom stereocenters. The Hall–Kier alpha value is -1.30. The van der Waals surface area contributed by atoms with E-state index in [1.165, 1.54) is 64.2 Å². The van der Waals surface area contributed by atoms with E-state index < -0.39 is 5.97 Å². The second kappa shape index (κ2) is 15.7. The van der Waals surface area contributed by atoms with Gasteiger partial charge in [-0.15, -0.1) is 0 Å². The molecular weight excluding hydrogens is 340 g/mol. The highest BCUT2D eigenvalue weighted by atomic mass is 16.4. The predicted octanol–water partition coefficient (Wildman–Crippen LogP) is 4.56. The number of hydrogen-bond acceptors (Lipinski definition) is 5.